The van der Waals surface area contributed by atoms with E-state index in [9.17, 15) is 19.2 Å². The van der Waals surface area contributed by atoms with Gasteiger partial charge >= 0.3 is 5.97 Å². The van der Waals surface area contributed by atoms with E-state index in [2.05, 4.69) is 5.32 Å². The van der Waals surface area contributed by atoms with Crippen LogP contribution in [0.4, 0.5) is 0 Å². The van der Waals surface area contributed by atoms with E-state index in [1.54, 1.807) is 24.3 Å². The van der Waals surface area contributed by atoms with Crippen molar-refractivity contribution in [3.05, 3.63) is 71.3 Å². The monoisotopic (exact) mass is 422 g/mol. The lowest BCUT2D eigenvalue weighted by Gasteiger charge is -2.24. The Bertz CT molecular complexity index is 938. The highest BCUT2D eigenvalue weighted by Crippen LogP contribution is 2.26. The van der Waals surface area contributed by atoms with E-state index in [0.29, 0.717) is 6.42 Å². The molecule has 162 valence electrons. The second kappa shape index (κ2) is 10.0. The Kier molecular flexibility index (Phi) is 7.18. The summed E-state index contributed by atoms with van der Waals surface area (Å²) in [5.41, 5.74) is 1.47. The van der Waals surface area contributed by atoms with Crippen molar-refractivity contribution in [3.63, 3.8) is 0 Å². The van der Waals surface area contributed by atoms with Gasteiger partial charge in [-0.05, 0) is 31.0 Å². The molecule has 1 aliphatic rings. The van der Waals surface area contributed by atoms with Gasteiger partial charge in [-0.15, -0.1) is 0 Å². The van der Waals surface area contributed by atoms with Crippen molar-refractivity contribution in [2.45, 2.75) is 45.2 Å². The number of esters is 1. The maximum atomic E-state index is 12.8. The third-order valence-corrected chi connectivity index (χ3v) is 5.26. The molecule has 0 bridgehead atoms. The van der Waals surface area contributed by atoms with Crippen molar-refractivity contribution < 1.29 is 23.9 Å². The first-order chi connectivity index (χ1) is 14.9. The predicted molar refractivity (Wildman–Crippen MR) is 114 cm³/mol. The van der Waals surface area contributed by atoms with Crippen molar-refractivity contribution in [1.82, 2.24) is 10.2 Å². The molecule has 0 aliphatic carbocycles. The number of nitrogens with one attached hydrogen (secondary N) is 1. The smallest absolute Gasteiger partial charge is 0.329 e. The van der Waals surface area contributed by atoms with Crippen LogP contribution >= 0.6 is 0 Å². The molecule has 1 aliphatic heterocycles. The zero-order valence-electron chi connectivity index (χ0n) is 17.7. The summed E-state index contributed by atoms with van der Waals surface area (Å²) < 4.78 is 5.21. The van der Waals surface area contributed by atoms with Crippen molar-refractivity contribution in [2.24, 2.45) is 0 Å². The van der Waals surface area contributed by atoms with Crippen LogP contribution in [0, 0.1) is 0 Å². The van der Waals surface area contributed by atoms with Crippen LogP contribution in [0.25, 0.3) is 0 Å². The van der Waals surface area contributed by atoms with Gasteiger partial charge in [0.2, 0.25) is 0 Å². The molecule has 0 fully saturated rings. The molecule has 7 nitrogen and oxygen atoms in total. The van der Waals surface area contributed by atoms with Crippen LogP contribution in [0.2, 0.25) is 0 Å². The Hall–Kier alpha value is -3.48. The van der Waals surface area contributed by atoms with Gasteiger partial charge in [0, 0.05) is 0 Å². The van der Waals surface area contributed by atoms with Crippen molar-refractivity contribution in [2.75, 3.05) is 6.61 Å². The summed E-state index contributed by atoms with van der Waals surface area (Å²) >= 11 is 0. The minimum Gasteiger partial charge on any atom is -0.454 e. The van der Waals surface area contributed by atoms with Crippen LogP contribution in [0.5, 0.6) is 0 Å². The quantitative estimate of drug-likeness (QED) is 0.495. The zero-order chi connectivity index (χ0) is 22.4. The summed E-state index contributed by atoms with van der Waals surface area (Å²) in [4.78, 5) is 51.6. The normalized spacial score (nSPS) is 14.7. The third kappa shape index (κ3) is 4.99. The molecule has 0 radical (unpaired) electrons. The van der Waals surface area contributed by atoms with E-state index in [1.807, 2.05) is 44.2 Å². The van der Waals surface area contributed by atoms with Gasteiger partial charge in [0.25, 0.3) is 17.7 Å². The summed E-state index contributed by atoms with van der Waals surface area (Å²) in [7, 11) is 0. The van der Waals surface area contributed by atoms with Gasteiger partial charge in [-0.25, -0.2) is 4.79 Å². The maximum Gasteiger partial charge on any atom is 0.329 e. The average molecular weight is 422 g/mol. The number of nitrogens with zero attached hydrogens (tertiary/aromatic N) is 1. The van der Waals surface area contributed by atoms with Crippen molar-refractivity contribution in [1.29, 1.82) is 0 Å². The van der Waals surface area contributed by atoms with E-state index in [1.165, 1.54) is 0 Å². The number of imide groups is 1. The van der Waals surface area contributed by atoms with Gasteiger partial charge < -0.3 is 10.1 Å². The first-order valence-corrected chi connectivity index (χ1v) is 10.4. The average Bonchev–Trinajstić information content (AvgIpc) is 3.04. The number of fused-ring (bicyclic) bond motifs is 1. The highest BCUT2D eigenvalue weighted by Gasteiger charge is 2.43. The Labute approximate surface area is 181 Å². The summed E-state index contributed by atoms with van der Waals surface area (Å²) in [6.45, 7) is 3.29. The molecule has 2 aromatic rings. The van der Waals surface area contributed by atoms with E-state index in [4.69, 9.17) is 4.74 Å². The highest BCUT2D eigenvalue weighted by atomic mass is 16.5. The number of carbonyl (C=O) groups is 4. The lowest BCUT2D eigenvalue weighted by atomic mass is 10.1. The molecule has 3 amide bonds. The number of carbonyl (C=O) groups excluding carboxylic acids is 4. The van der Waals surface area contributed by atoms with Gasteiger partial charge in [0.05, 0.1) is 17.2 Å². The molecular formula is C24H26N2O5. The fourth-order valence-electron chi connectivity index (χ4n) is 3.58. The van der Waals surface area contributed by atoms with E-state index >= 15 is 0 Å². The Morgan fingerprint density at radius 1 is 0.968 bits per heavy atom. The van der Waals surface area contributed by atoms with Gasteiger partial charge in [-0.2, -0.15) is 0 Å². The number of ether oxygens (including phenoxy) is 1. The minimum absolute atomic E-state index is 0.250. The van der Waals surface area contributed by atoms with E-state index in [-0.39, 0.29) is 23.6 Å². The minimum atomic E-state index is -1.06. The molecule has 3 rings (SSSR count). The van der Waals surface area contributed by atoms with E-state index in [0.717, 1.165) is 16.9 Å². The number of benzene rings is 2. The van der Waals surface area contributed by atoms with Crippen molar-refractivity contribution >= 4 is 23.7 Å². The predicted octanol–water partition coefficient (Wildman–Crippen LogP) is 3.26. The van der Waals surface area contributed by atoms with Gasteiger partial charge in [-0.3, -0.25) is 19.3 Å². The van der Waals surface area contributed by atoms with Crippen LogP contribution in [0.3, 0.4) is 0 Å². The Morgan fingerprint density at radius 2 is 1.55 bits per heavy atom. The Morgan fingerprint density at radius 3 is 2.13 bits per heavy atom. The molecule has 2 aromatic carbocycles. The second-order valence-electron chi connectivity index (χ2n) is 7.49. The van der Waals surface area contributed by atoms with Crippen LogP contribution in [-0.4, -0.2) is 41.2 Å². The summed E-state index contributed by atoms with van der Waals surface area (Å²) in [6.07, 6.45) is 1.69. The lowest BCUT2D eigenvalue weighted by Crippen LogP contribution is -2.46. The number of rotatable bonds is 9. The Balaban J connectivity index is 1.65. The summed E-state index contributed by atoms with van der Waals surface area (Å²) in [6, 6.07) is 14.6. The van der Waals surface area contributed by atoms with Crippen molar-refractivity contribution in [3.8, 4) is 0 Å². The first kappa shape index (κ1) is 22.2. The maximum absolute atomic E-state index is 12.8. The van der Waals surface area contributed by atoms with Crippen LogP contribution < -0.4 is 5.32 Å². The third-order valence-electron chi connectivity index (χ3n) is 5.26. The molecule has 2 atom stereocenters. The largest absolute Gasteiger partial charge is 0.454 e. The SMILES string of the molecule is CCCC[C@@H](C(=O)OCC(=O)N[C@@H](C)c1ccccc1)N1C(=O)c2ccccc2C1=O. The highest BCUT2D eigenvalue weighted by molar-refractivity contribution is 6.22. The van der Waals surface area contributed by atoms with Crippen LogP contribution in [-0.2, 0) is 14.3 Å². The number of unbranched alkanes of at least 4 members (excludes halogenated alkanes) is 1. The standard InChI is InChI=1S/C24H26N2O5/c1-3-4-14-20(26-22(28)18-12-8-9-13-19(18)23(26)29)24(30)31-15-21(27)25-16(2)17-10-6-5-7-11-17/h5-13,16,20H,3-4,14-15H2,1-2H3,(H,25,27)/t16-,20-/m0/s1. The van der Waals surface area contributed by atoms with Gasteiger partial charge in [-0.1, -0.05) is 62.2 Å². The molecule has 1 heterocycles. The molecule has 7 heteroatoms. The molecular weight excluding hydrogens is 396 g/mol. The second-order valence-corrected chi connectivity index (χ2v) is 7.49. The zero-order valence-corrected chi connectivity index (χ0v) is 17.7. The van der Waals surface area contributed by atoms with Gasteiger partial charge in [0.1, 0.15) is 6.04 Å². The molecule has 0 spiro atoms. The topological polar surface area (TPSA) is 92.8 Å². The number of hydrogen-bond donors (Lipinski definition) is 1. The lowest BCUT2D eigenvalue weighted by molar-refractivity contribution is -0.152. The van der Waals surface area contributed by atoms with E-state index < -0.39 is 36.3 Å². The number of hydrogen-bond acceptors (Lipinski definition) is 5. The van der Waals surface area contributed by atoms with Crippen LogP contribution in [0.15, 0.2) is 54.6 Å². The molecule has 0 saturated heterocycles. The molecule has 31 heavy (non-hydrogen) atoms. The molecule has 0 unspecified atom stereocenters. The summed E-state index contributed by atoms with van der Waals surface area (Å²) in [5.74, 6) is -2.24. The molecule has 0 saturated carbocycles. The fraction of sp³-hybridized carbons (Fsp3) is 0.333. The van der Waals surface area contributed by atoms with Gasteiger partial charge in [0.15, 0.2) is 6.61 Å². The fourth-order valence-corrected chi connectivity index (χ4v) is 3.58. The first-order valence-electron chi connectivity index (χ1n) is 10.4. The summed E-state index contributed by atoms with van der Waals surface area (Å²) in [5, 5.41) is 2.77. The molecule has 1 N–H and O–H groups in total. The number of amides is 3. The van der Waals surface area contributed by atoms with Crippen LogP contribution in [0.1, 0.15) is 65.4 Å². The molecule has 0 aromatic heterocycles.